The zero-order valence-corrected chi connectivity index (χ0v) is 11.9. The first kappa shape index (κ1) is 16.4. The van der Waals surface area contributed by atoms with Crippen molar-refractivity contribution in [2.45, 2.75) is 44.9 Å². The molecule has 19 heavy (non-hydrogen) atoms. The molecule has 0 aliphatic heterocycles. The highest BCUT2D eigenvalue weighted by molar-refractivity contribution is 5.78. The van der Waals surface area contributed by atoms with E-state index in [1.807, 2.05) is 13.8 Å². The Morgan fingerprint density at radius 1 is 1.37 bits per heavy atom. The second kappa shape index (κ2) is 9.25. The fourth-order valence-corrected chi connectivity index (χ4v) is 1.48. The molecular formula is C13H26N2O4. The highest BCUT2D eigenvalue weighted by Crippen LogP contribution is 2.18. The maximum atomic E-state index is 11.3. The zero-order chi connectivity index (χ0) is 14.1. The SMILES string of the molecule is CC(C)OCCOCC(O)CNCC(=O)NC1CC1. The van der Waals surface area contributed by atoms with E-state index < -0.39 is 6.10 Å². The van der Waals surface area contributed by atoms with Gasteiger partial charge in [0.1, 0.15) is 0 Å². The molecule has 3 N–H and O–H groups in total. The van der Waals surface area contributed by atoms with Crippen LogP contribution in [0.5, 0.6) is 0 Å². The lowest BCUT2D eigenvalue weighted by Gasteiger charge is -2.13. The number of aliphatic hydroxyl groups is 1. The Hall–Kier alpha value is -0.690. The second-order valence-corrected chi connectivity index (χ2v) is 5.12. The molecule has 1 amide bonds. The quantitative estimate of drug-likeness (QED) is 0.449. The number of rotatable bonds is 11. The first-order valence-corrected chi connectivity index (χ1v) is 6.95. The Morgan fingerprint density at radius 3 is 2.74 bits per heavy atom. The van der Waals surface area contributed by atoms with Crippen molar-refractivity contribution in [3.63, 3.8) is 0 Å². The topological polar surface area (TPSA) is 79.8 Å². The van der Waals surface area contributed by atoms with Gasteiger partial charge in [0, 0.05) is 12.6 Å². The van der Waals surface area contributed by atoms with Gasteiger partial charge >= 0.3 is 0 Å². The average molecular weight is 274 g/mol. The van der Waals surface area contributed by atoms with Gasteiger partial charge in [-0.1, -0.05) is 0 Å². The van der Waals surface area contributed by atoms with Crippen LogP contribution in [0.2, 0.25) is 0 Å². The molecule has 112 valence electrons. The molecule has 6 nitrogen and oxygen atoms in total. The molecule has 0 bridgehead atoms. The lowest BCUT2D eigenvalue weighted by molar-refractivity contribution is -0.120. The predicted molar refractivity (Wildman–Crippen MR) is 71.9 cm³/mol. The number of nitrogens with one attached hydrogen (secondary N) is 2. The van der Waals surface area contributed by atoms with E-state index in [-0.39, 0.29) is 25.2 Å². The van der Waals surface area contributed by atoms with E-state index in [1.165, 1.54) is 0 Å². The number of ether oxygens (including phenoxy) is 2. The molecule has 6 heteroatoms. The van der Waals surface area contributed by atoms with Crippen LogP contribution in [0.25, 0.3) is 0 Å². The van der Waals surface area contributed by atoms with E-state index in [1.54, 1.807) is 0 Å². The Morgan fingerprint density at radius 2 is 2.11 bits per heavy atom. The number of aliphatic hydroxyl groups excluding tert-OH is 1. The molecule has 0 aromatic rings. The van der Waals surface area contributed by atoms with Crippen molar-refractivity contribution in [3.05, 3.63) is 0 Å². The average Bonchev–Trinajstić information content (AvgIpc) is 3.12. The second-order valence-electron chi connectivity index (χ2n) is 5.12. The van der Waals surface area contributed by atoms with Crippen LogP contribution >= 0.6 is 0 Å². The number of hydrogen-bond acceptors (Lipinski definition) is 5. The summed E-state index contributed by atoms with van der Waals surface area (Å²) in [5, 5.41) is 15.4. The van der Waals surface area contributed by atoms with Crippen molar-refractivity contribution in [2.75, 3.05) is 32.9 Å². The molecule has 1 aliphatic carbocycles. The van der Waals surface area contributed by atoms with Crippen LogP contribution in [0.1, 0.15) is 26.7 Å². The van der Waals surface area contributed by atoms with Crippen molar-refractivity contribution >= 4 is 5.91 Å². The third kappa shape index (κ3) is 9.84. The smallest absolute Gasteiger partial charge is 0.234 e. The fourth-order valence-electron chi connectivity index (χ4n) is 1.48. The lowest BCUT2D eigenvalue weighted by Crippen LogP contribution is -2.39. The minimum atomic E-state index is -0.604. The summed E-state index contributed by atoms with van der Waals surface area (Å²) in [5.74, 6) is -0.0130. The molecule has 0 aromatic heterocycles. The van der Waals surface area contributed by atoms with Crippen LogP contribution in [0.15, 0.2) is 0 Å². The number of hydrogen-bond donors (Lipinski definition) is 3. The summed E-state index contributed by atoms with van der Waals surface area (Å²) in [6, 6.07) is 0.378. The minimum absolute atomic E-state index is 0.0130. The Kier molecular flexibility index (Phi) is 7.97. The summed E-state index contributed by atoms with van der Waals surface area (Å²) in [6.45, 7) is 5.77. The fraction of sp³-hybridized carbons (Fsp3) is 0.923. The first-order chi connectivity index (χ1) is 9.08. The molecule has 1 fully saturated rings. The summed E-state index contributed by atoms with van der Waals surface area (Å²) >= 11 is 0. The predicted octanol–water partition coefficient (Wildman–Crippen LogP) is -0.343. The van der Waals surface area contributed by atoms with E-state index in [9.17, 15) is 9.90 Å². The highest BCUT2D eigenvalue weighted by Gasteiger charge is 2.22. The number of amides is 1. The van der Waals surface area contributed by atoms with Gasteiger partial charge in [0.2, 0.25) is 5.91 Å². The molecule has 1 saturated carbocycles. The normalized spacial score (nSPS) is 16.6. The summed E-state index contributed by atoms with van der Waals surface area (Å²) in [6.07, 6.45) is 1.76. The monoisotopic (exact) mass is 274 g/mol. The van der Waals surface area contributed by atoms with Crippen molar-refractivity contribution in [3.8, 4) is 0 Å². The Bertz CT molecular complexity index is 257. The Balaban J connectivity index is 1.86. The van der Waals surface area contributed by atoms with Crippen molar-refractivity contribution < 1.29 is 19.4 Å². The molecule has 1 rings (SSSR count). The third-order valence-corrected chi connectivity index (χ3v) is 2.60. The van der Waals surface area contributed by atoms with Gasteiger partial charge in [-0.25, -0.2) is 0 Å². The molecule has 1 aliphatic rings. The molecule has 0 heterocycles. The van der Waals surface area contributed by atoms with Crippen LogP contribution in [-0.2, 0) is 14.3 Å². The molecule has 0 aromatic carbocycles. The van der Waals surface area contributed by atoms with Crippen LogP contribution < -0.4 is 10.6 Å². The summed E-state index contributed by atoms with van der Waals surface area (Å²) in [7, 11) is 0. The van der Waals surface area contributed by atoms with E-state index in [0.29, 0.717) is 25.8 Å². The van der Waals surface area contributed by atoms with E-state index in [2.05, 4.69) is 10.6 Å². The molecule has 0 radical (unpaired) electrons. The maximum absolute atomic E-state index is 11.3. The van der Waals surface area contributed by atoms with E-state index >= 15 is 0 Å². The van der Waals surface area contributed by atoms with Gasteiger partial charge < -0.3 is 25.2 Å². The number of carbonyl (C=O) groups excluding carboxylic acids is 1. The first-order valence-electron chi connectivity index (χ1n) is 6.95. The molecule has 1 atom stereocenters. The molecule has 1 unspecified atom stereocenters. The van der Waals surface area contributed by atoms with E-state index in [0.717, 1.165) is 12.8 Å². The minimum Gasteiger partial charge on any atom is -0.389 e. The van der Waals surface area contributed by atoms with Gasteiger partial charge in [0.15, 0.2) is 0 Å². The van der Waals surface area contributed by atoms with Gasteiger partial charge in [0.05, 0.1) is 38.6 Å². The van der Waals surface area contributed by atoms with Gasteiger partial charge in [-0.2, -0.15) is 0 Å². The summed E-state index contributed by atoms with van der Waals surface area (Å²) < 4.78 is 10.6. The van der Waals surface area contributed by atoms with Gasteiger partial charge in [-0.05, 0) is 26.7 Å². The van der Waals surface area contributed by atoms with E-state index in [4.69, 9.17) is 9.47 Å². The summed E-state index contributed by atoms with van der Waals surface area (Å²) in [5.41, 5.74) is 0. The zero-order valence-electron chi connectivity index (χ0n) is 11.9. The molecular weight excluding hydrogens is 248 g/mol. The Labute approximate surface area is 114 Å². The highest BCUT2D eigenvalue weighted by atomic mass is 16.5. The largest absolute Gasteiger partial charge is 0.389 e. The van der Waals surface area contributed by atoms with Crippen LogP contribution in [0.3, 0.4) is 0 Å². The molecule has 0 saturated heterocycles. The van der Waals surface area contributed by atoms with Crippen molar-refractivity contribution in [2.24, 2.45) is 0 Å². The van der Waals surface area contributed by atoms with Crippen LogP contribution in [0.4, 0.5) is 0 Å². The third-order valence-electron chi connectivity index (χ3n) is 2.60. The van der Waals surface area contributed by atoms with Gasteiger partial charge in [-0.3, -0.25) is 4.79 Å². The van der Waals surface area contributed by atoms with Crippen LogP contribution in [-0.4, -0.2) is 62.2 Å². The van der Waals surface area contributed by atoms with Gasteiger partial charge in [0.25, 0.3) is 0 Å². The van der Waals surface area contributed by atoms with Crippen molar-refractivity contribution in [1.82, 2.24) is 10.6 Å². The summed E-state index contributed by atoms with van der Waals surface area (Å²) in [4.78, 5) is 11.3. The molecule has 0 spiro atoms. The lowest BCUT2D eigenvalue weighted by atomic mass is 10.3. The van der Waals surface area contributed by atoms with Crippen molar-refractivity contribution in [1.29, 1.82) is 0 Å². The van der Waals surface area contributed by atoms with Crippen LogP contribution in [0, 0.1) is 0 Å². The maximum Gasteiger partial charge on any atom is 0.234 e. The standard InChI is InChI=1S/C13H26N2O4/c1-10(2)19-6-5-18-9-12(16)7-14-8-13(17)15-11-3-4-11/h10-12,14,16H,3-9H2,1-2H3,(H,15,17). The van der Waals surface area contributed by atoms with Gasteiger partial charge in [-0.15, -0.1) is 0 Å². The number of carbonyl (C=O) groups is 1.